The van der Waals surface area contributed by atoms with Gasteiger partial charge >= 0.3 is 5.97 Å². The number of hydrogen-bond donors (Lipinski definition) is 3. The van der Waals surface area contributed by atoms with Crippen LogP contribution in [0, 0.1) is 17.1 Å². The minimum Gasteiger partial charge on any atom is -0.477 e. The van der Waals surface area contributed by atoms with Gasteiger partial charge in [-0.05, 0) is 18.2 Å². The summed E-state index contributed by atoms with van der Waals surface area (Å²) >= 11 is 0. The minimum absolute atomic E-state index is 0.103. The molecular weight excluding hydrogens is 267 g/mol. The van der Waals surface area contributed by atoms with Crippen LogP contribution in [0.5, 0.6) is 0 Å². The molecule has 20 heavy (non-hydrogen) atoms. The molecule has 0 unspecified atom stereocenters. The molecule has 0 spiro atoms. The summed E-state index contributed by atoms with van der Waals surface area (Å²) in [6.07, 6.45) is 1.05. The zero-order valence-corrected chi connectivity index (χ0v) is 9.85. The van der Waals surface area contributed by atoms with Gasteiger partial charge in [0, 0.05) is 0 Å². The summed E-state index contributed by atoms with van der Waals surface area (Å²) in [6, 6.07) is 5.24. The zero-order chi connectivity index (χ0) is 14.7. The SMILES string of the molecule is N#Cc1ccc(NC(=O)c2nc[nH]c2C(=O)O)c(F)c1. The van der Waals surface area contributed by atoms with E-state index in [1.807, 2.05) is 0 Å². The van der Waals surface area contributed by atoms with Crippen LogP contribution in [-0.4, -0.2) is 27.0 Å². The van der Waals surface area contributed by atoms with Crippen LogP contribution >= 0.6 is 0 Å². The van der Waals surface area contributed by atoms with E-state index in [4.69, 9.17) is 10.4 Å². The first kappa shape index (κ1) is 13.2. The molecule has 0 bridgehead atoms. The average Bonchev–Trinajstić information content (AvgIpc) is 2.90. The third-order valence-corrected chi connectivity index (χ3v) is 2.41. The first-order chi connectivity index (χ1) is 9.52. The molecule has 1 amide bonds. The standard InChI is InChI=1S/C12H7FN4O3/c13-7-3-6(4-14)1-2-8(7)17-11(18)9-10(12(19)20)16-5-15-9/h1-3,5H,(H,15,16)(H,17,18)(H,19,20). The van der Waals surface area contributed by atoms with Gasteiger partial charge in [0.05, 0.1) is 23.6 Å². The van der Waals surface area contributed by atoms with Gasteiger partial charge in [0.15, 0.2) is 11.4 Å². The highest BCUT2D eigenvalue weighted by molar-refractivity contribution is 6.08. The van der Waals surface area contributed by atoms with Gasteiger partial charge < -0.3 is 15.4 Å². The Morgan fingerprint density at radius 3 is 2.80 bits per heavy atom. The van der Waals surface area contributed by atoms with E-state index in [0.717, 1.165) is 12.4 Å². The third-order valence-electron chi connectivity index (χ3n) is 2.41. The number of nitriles is 1. The van der Waals surface area contributed by atoms with Crippen molar-refractivity contribution in [2.45, 2.75) is 0 Å². The van der Waals surface area contributed by atoms with Gasteiger partial charge in [-0.1, -0.05) is 0 Å². The van der Waals surface area contributed by atoms with E-state index in [1.54, 1.807) is 6.07 Å². The number of amides is 1. The summed E-state index contributed by atoms with van der Waals surface area (Å²) in [5.41, 5.74) is -0.822. The number of aromatic carboxylic acids is 1. The summed E-state index contributed by atoms with van der Waals surface area (Å²) in [5.74, 6) is -3.02. The van der Waals surface area contributed by atoms with E-state index in [9.17, 15) is 14.0 Å². The van der Waals surface area contributed by atoms with Crippen molar-refractivity contribution < 1.29 is 19.1 Å². The Labute approximate surface area is 111 Å². The van der Waals surface area contributed by atoms with Crippen LogP contribution in [-0.2, 0) is 0 Å². The van der Waals surface area contributed by atoms with Crippen LogP contribution in [0.3, 0.4) is 0 Å². The van der Waals surface area contributed by atoms with Crippen LogP contribution in [0.2, 0.25) is 0 Å². The van der Waals surface area contributed by atoms with E-state index < -0.39 is 23.4 Å². The van der Waals surface area contributed by atoms with E-state index in [-0.39, 0.29) is 16.9 Å². The number of benzene rings is 1. The minimum atomic E-state index is -1.35. The topological polar surface area (TPSA) is 119 Å². The molecule has 100 valence electrons. The third kappa shape index (κ3) is 2.46. The highest BCUT2D eigenvalue weighted by Crippen LogP contribution is 2.16. The Morgan fingerprint density at radius 2 is 2.20 bits per heavy atom. The number of halogens is 1. The number of aromatic nitrogens is 2. The molecule has 0 fully saturated rings. The summed E-state index contributed by atoms with van der Waals surface area (Å²) in [5, 5.41) is 19.6. The van der Waals surface area contributed by atoms with Gasteiger partial charge in [0.2, 0.25) is 0 Å². The number of hydrogen-bond acceptors (Lipinski definition) is 4. The largest absolute Gasteiger partial charge is 0.477 e. The molecule has 2 rings (SSSR count). The van der Waals surface area contributed by atoms with Gasteiger partial charge in [0.25, 0.3) is 5.91 Å². The molecule has 0 radical (unpaired) electrons. The number of carbonyl (C=O) groups excluding carboxylic acids is 1. The van der Waals surface area contributed by atoms with Crippen LogP contribution in [0.1, 0.15) is 26.5 Å². The van der Waals surface area contributed by atoms with Crippen molar-refractivity contribution in [3.63, 3.8) is 0 Å². The number of carboxylic acid groups (broad SMARTS) is 1. The molecule has 3 N–H and O–H groups in total. The lowest BCUT2D eigenvalue weighted by Crippen LogP contribution is -2.17. The molecule has 0 aliphatic heterocycles. The van der Waals surface area contributed by atoms with Gasteiger partial charge in [-0.2, -0.15) is 5.26 Å². The maximum absolute atomic E-state index is 13.6. The second kappa shape index (κ2) is 5.19. The maximum atomic E-state index is 13.6. The van der Waals surface area contributed by atoms with Crippen molar-refractivity contribution in [1.82, 2.24) is 9.97 Å². The lowest BCUT2D eigenvalue weighted by molar-refractivity contribution is 0.0686. The first-order valence-corrected chi connectivity index (χ1v) is 5.30. The number of rotatable bonds is 3. The van der Waals surface area contributed by atoms with Crippen LogP contribution in [0.25, 0.3) is 0 Å². The average molecular weight is 274 g/mol. The number of carboxylic acids is 1. The molecule has 1 aromatic carbocycles. The number of H-pyrrole nitrogens is 1. The van der Waals surface area contributed by atoms with Gasteiger partial charge in [-0.15, -0.1) is 0 Å². The maximum Gasteiger partial charge on any atom is 0.354 e. The second-order valence-electron chi connectivity index (χ2n) is 3.69. The Kier molecular flexibility index (Phi) is 3.43. The van der Waals surface area contributed by atoms with Crippen molar-refractivity contribution in [2.75, 3.05) is 5.32 Å². The Hall–Kier alpha value is -3.21. The summed E-state index contributed by atoms with van der Waals surface area (Å²) < 4.78 is 13.6. The van der Waals surface area contributed by atoms with E-state index in [0.29, 0.717) is 0 Å². The molecule has 2 aromatic rings. The molecule has 0 atom stereocenters. The van der Waals surface area contributed by atoms with Crippen LogP contribution < -0.4 is 5.32 Å². The molecule has 0 aliphatic rings. The van der Waals surface area contributed by atoms with E-state index in [1.165, 1.54) is 12.1 Å². The van der Waals surface area contributed by atoms with Gasteiger partial charge in [0.1, 0.15) is 5.82 Å². The van der Waals surface area contributed by atoms with Crippen molar-refractivity contribution in [3.05, 3.63) is 47.3 Å². The molecule has 1 aromatic heterocycles. The van der Waals surface area contributed by atoms with Gasteiger partial charge in [-0.3, -0.25) is 4.79 Å². The number of carbonyl (C=O) groups is 2. The fraction of sp³-hybridized carbons (Fsp3) is 0. The summed E-state index contributed by atoms with van der Waals surface area (Å²) in [6.45, 7) is 0. The number of imidazole rings is 1. The Morgan fingerprint density at radius 1 is 1.45 bits per heavy atom. The zero-order valence-electron chi connectivity index (χ0n) is 9.85. The molecule has 0 aliphatic carbocycles. The first-order valence-electron chi connectivity index (χ1n) is 5.30. The van der Waals surface area contributed by atoms with Gasteiger partial charge in [-0.25, -0.2) is 14.2 Å². The fourth-order valence-electron chi connectivity index (χ4n) is 1.50. The fourth-order valence-corrected chi connectivity index (χ4v) is 1.50. The monoisotopic (exact) mass is 274 g/mol. The van der Waals surface area contributed by atoms with Crippen molar-refractivity contribution in [3.8, 4) is 6.07 Å². The molecule has 0 saturated carbocycles. The lowest BCUT2D eigenvalue weighted by atomic mass is 10.2. The number of nitrogens with zero attached hydrogens (tertiary/aromatic N) is 2. The van der Waals surface area contributed by atoms with Crippen molar-refractivity contribution in [2.24, 2.45) is 0 Å². The highest BCUT2D eigenvalue weighted by atomic mass is 19.1. The normalized spacial score (nSPS) is 9.80. The predicted molar refractivity (Wildman–Crippen MR) is 64.6 cm³/mol. The molecule has 1 heterocycles. The second-order valence-corrected chi connectivity index (χ2v) is 3.69. The smallest absolute Gasteiger partial charge is 0.354 e. The Bertz CT molecular complexity index is 733. The molecule has 8 heteroatoms. The van der Waals surface area contributed by atoms with Crippen molar-refractivity contribution >= 4 is 17.6 Å². The number of nitrogens with one attached hydrogen (secondary N) is 2. The van der Waals surface area contributed by atoms with Crippen LogP contribution in [0.4, 0.5) is 10.1 Å². The molecule has 7 nitrogen and oxygen atoms in total. The van der Waals surface area contributed by atoms with E-state index in [2.05, 4.69) is 15.3 Å². The number of aromatic amines is 1. The Balaban J connectivity index is 2.26. The molecule has 0 saturated heterocycles. The quantitative estimate of drug-likeness (QED) is 0.781. The van der Waals surface area contributed by atoms with E-state index >= 15 is 0 Å². The predicted octanol–water partition coefficient (Wildman–Crippen LogP) is 1.37. The van der Waals surface area contributed by atoms with Crippen molar-refractivity contribution in [1.29, 1.82) is 5.26 Å². The van der Waals surface area contributed by atoms with Crippen LogP contribution in [0.15, 0.2) is 24.5 Å². The lowest BCUT2D eigenvalue weighted by Gasteiger charge is -2.05. The highest BCUT2D eigenvalue weighted by Gasteiger charge is 2.20. The summed E-state index contributed by atoms with van der Waals surface area (Å²) in [4.78, 5) is 28.5. The number of anilines is 1. The summed E-state index contributed by atoms with van der Waals surface area (Å²) in [7, 11) is 0. The molecular formula is C12H7FN4O3.